The van der Waals surface area contributed by atoms with Crippen LogP contribution >= 0.6 is 0 Å². The fourth-order valence-electron chi connectivity index (χ4n) is 2.24. The Balaban J connectivity index is 2.48. The molecule has 1 aliphatic rings. The van der Waals surface area contributed by atoms with Gasteiger partial charge in [-0.15, -0.1) is 0 Å². The molecule has 1 rings (SSSR count). The summed E-state index contributed by atoms with van der Waals surface area (Å²) in [5.74, 6) is 0.729. The number of hydrogen-bond acceptors (Lipinski definition) is 2. The second kappa shape index (κ2) is 3.97. The van der Waals surface area contributed by atoms with Crippen molar-refractivity contribution < 1.29 is 4.74 Å². The lowest BCUT2D eigenvalue weighted by molar-refractivity contribution is -0.135. The van der Waals surface area contributed by atoms with Gasteiger partial charge in [0.1, 0.15) is 0 Å². The van der Waals surface area contributed by atoms with Crippen LogP contribution in [0.1, 0.15) is 34.1 Å². The summed E-state index contributed by atoms with van der Waals surface area (Å²) in [6.45, 7) is 11.0. The molecular formula is C11H23NO. The normalized spacial score (nSPS) is 29.5. The first-order valence-electron chi connectivity index (χ1n) is 5.25. The van der Waals surface area contributed by atoms with Crippen LogP contribution in [0.2, 0.25) is 0 Å². The molecule has 0 spiro atoms. The smallest absolute Gasteiger partial charge is 0.0757 e. The predicted molar refractivity (Wildman–Crippen MR) is 55.9 cm³/mol. The maximum absolute atomic E-state index is 6.01. The van der Waals surface area contributed by atoms with Gasteiger partial charge in [0.15, 0.2) is 0 Å². The van der Waals surface area contributed by atoms with Gasteiger partial charge in [-0.25, -0.2) is 0 Å². The number of hydrogen-bond donors (Lipinski definition) is 0. The fourth-order valence-corrected chi connectivity index (χ4v) is 2.24. The maximum atomic E-state index is 6.01. The molecule has 0 aromatic rings. The zero-order valence-electron chi connectivity index (χ0n) is 9.63. The third-order valence-electron chi connectivity index (χ3n) is 2.39. The summed E-state index contributed by atoms with van der Waals surface area (Å²) in [5.41, 5.74) is 0.0343. The monoisotopic (exact) mass is 185 g/mol. The molecule has 1 fully saturated rings. The molecule has 0 aliphatic carbocycles. The number of morpholine rings is 1. The lowest BCUT2D eigenvalue weighted by atomic mass is 10.0. The zero-order chi connectivity index (χ0) is 10.1. The third-order valence-corrected chi connectivity index (χ3v) is 2.39. The van der Waals surface area contributed by atoms with E-state index < -0.39 is 0 Å². The summed E-state index contributed by atoms with van der Waals surface area (Å²) in [6, 6.07) is 0. The Labute approximate surface area is 82.3 Å². The Morgan fingerprint density at radius 2 is 2.08 bits per heavy atom. The molecule has 0 radical (unpaired) electrons. The van der Waals surface area contributed by atoms with E-state index in [-0.39, 0.29) is 5.60 Å². The minimum absolute atomic E-state index is 0.0343. The standard InChI is InChI=1S/C11H23NO/c1-9(2)6-10-7-12(5)8-11(3,4)13-10/h9-10H,6-8H2,1-5H3/t10-/m0/s1. The average Bonchev–Trinajstić information content (AvgIpc) is 1.78. The van der Waals surface area contributed by atoms with E-state index in [2.05, 4.69) is 39.6 Å². The van der Waals surface area contributed by atoms with Crippen LogP contribution in [-0.4, -0.2) is 36.7 Å². The van der Waals surface area contributed by atoms with Crippen molar-refractivity contribution in [2.75, 3.05) is 20.1 Å². The number of likely N-dealkylation sites (N-methyl/N-ethyl adjacent to an activating group) is 1. The highest BCUT2D eigenvalue weighted by Gasteiger charge is 2.31. The van der Waals surface area contributed by atoms with E-state index in [0.717, 1.165) is 19.0 Å². The van der Waals surface area contributed by atoms with Gasteiger partial charge in [-0.1, -0.05) is 13.8 Å². The van der Waals surface area contributed by atoms with Gasteiger partial charge in [0.2, 0.25) is 0 Å². The van der Waals surface area contributed by atoms with E-state index >= 15 is 0 Å². The molecule has 0 aromatic carbocycles. The molecule has 2 nitrogen and oxygen atoms in total. The van der Waals surface area contributed by atoms with E-state index in [0.29, 0.717) is 6.10 Å². The minimum atomic E-state index is 0.0343. The number of rotatable bonds is 2. The van der Waals surface area contributed by atoms with Gasteiger partial charge in [-0.2, -0.15) is 0 Å². The zero-order valence-corrected chi connectivity index (χ0v) is 9.63. The molecule has 0 bridgehead atoms. The second-order valence-electron chi connectivity index (χ2n) is 5.33. The van der Waals surface area contributed by atoms with E-state index in [1.807, 2.05) is 0 Å². The van der Waals surface area contributed by atoms with E-state index in [1.54, 1.807) is 0 Å². The van der Waals surface area contributed by atoms with Crippen molar-refractivity contribution in [1.29, 1.82) is 0 Å². The molecule has 0 unspecified atom stereocenters. The quantitative estimate of drug-likeness (QED) is 0.653. The van der Waals surface area contributed by atoms with Crippen LogP contribution in [0.3, 0.4) is 0 Å². The molecule has 1 atom stereocenters. The van der Waals surface area contributed by atoms with E-state index in [4.69, 9.17) is 4.74 Å². The first kappa shape index (κ1) is 11.0. The van der Waals surface area contributed by atoms with Crippen molar-refractivity contribution in [2.24, 2.45) is 5.92 Å². The van der Waals surface area contributed by atoms with Crippen LogP contribution in [0.15, 0.2) is 0 Å². The summed E-state index contributed by atoms with van der Waals surface area (Å²) in [6.07, 6.45) is 1.60. The SMILES string of the molecule is CC(C)C[C@H]1CN(C)CC(C)(C)O1. The van der Waals surface area contributed by atoms with Gasteiger partial charge in [-0.05, 0) is 33.2 Å². The van der Waals surface area contributed by atoms with Gasteiger partial charge in [0.25, 0.3) is 0 Å². The van der Waals surface area contributed by atoms with Gasteiger partial charge in [-0.3, -0.25) is 0 Å². The van der Waals surface area contributed by atoms with Crippen LogP contribution in [0.25, 0.3) is 0 Å². The van der Waals surface area contributed by atoms with Crippen molar-refractivity contribution in [2.45, 2.75) is 45.8 Å². The van der Waals surface area contributed by atoms with Gasteiger partial charge in [0.05, 0.1) is 11.7 Å². The third kappa shape index (κ3) is 3.65. The number of nitrogens with zero attached hydrogens (tertiary/aromatic N) is 1. The molecule has 1 aliphatic heterocycles. The topological polar surface area (TPSA) is 12.5 Å². The summed E-state index contributed by atoms with van der Waals surface area (Å²) in [5, 5.41) is 0. The molecular weight excluding hydrogens is 162 g/mol. The molecule has 1 heterocycles. The predicted octanol–water partition coefficient (Wildman–Crippen LogP) is 2.14. The van der Waals surface area contributed by atoms with E-state index in [9.17, 15) is 0 Å². The van der Waals surface area contributed by atoms with Crippen LogP contribution in [0.5, 0.6) is 0 Å². The largest absolute Gasteiger partial charge is 0.370 e. The summed E-state index contributed by atoms with van der Waals surface area (Å²) >= 11 is 0. The highest BCUT2D eigenvalue weighted by Crippen LogP contribution is 2.23. The summed E-state index contributed by atoms with van der Waals surface area (Å²) in [7, 11) is 2.18. The molecule has 1 saturated heterocycles. The molecule has 0 amide bonds. The van der Waals surface area contributed by atoms with Gasteiger partial charge in [0, 0.05) is 13.1 Å². The van der Waals surface area contributed by atoms with E-state index in [1.165, 1.54) is 6.42 Å². The molecule has 78 valence electrons. The molecule has 0 saturated carbocycles. The Morgan fingerprint density at radius 1 is 1.46 bits per heavy atom. The Kier molecular flexibility index (Phi) is 3.36. The fraction of sp³-hybridized carbons (Fsp3) is 1.00. The Morgan fingerprint density at radius 3 is 2.54 bits per heavy atom. The lowest BCUT2D eigenvalue weighted by Gasteiger charge is -2.41. The average molecular weight is 185 g/mol. The molecule has 13 heavy (non-hydrogen) atoms. The number of ether oxygens (including phenoxy) is 1. The highest BCUT2D eigenvalue weighted by atomic mass is 16.5. The summed E-state index contributed by atoms with van der Waals surface area (Å²) < 4.78 is 6.01. The van der Waals surface area contributed by atoms with Crippen LogP contribution in [-0.2, 0) is 4.74 Å². The van der Waals surface area contributed by atoms with Crippen LogP contribution in [0.4, 0.5) is 0 Å². The first-order chi connectivity index (χ1) is 5.89. The van der Waals surface area contributed by atoms with Gasteiger partial charge < -0.3 is 9.64 Å². The molecule has 0 aromatic heterocycles. The Bertz CT molecular complexity index is 163. The van der Waals surface area contributed by atoms with Crippen molar-refractivity contribution in [3.63, 3.8) is 0 Å². The molecule has 0 N–H and O–H groups in total. The van der Waals surface area contributed by atoms with Crippen molar-refractivity contribution >= 4 is 0 Å². The van der Waals surface area contributed by atoms with Crippen LogP contribution in [0, 0.1) is 5.92 Å². The van der Waals surface area contributed by atoms with Gasteiger partial charge >= 0.3 is 0 Å². The van der Waals surface area contributed by atoms with Crippen molar-refractivity contribution in [1.82, 2.24) is 4.90 Å². The van der Waals surface area contributed by atoms with Crippen LogP contribution < -0.4 is 0 Å². The minimum Gasteiger partial charge on any atom is -0.370 e. The highest BCUT2D eigenvalue weighted by molar-refractivity contribution is 4.82. The molecule has 2 heteroatoms. The maximum Gasteiger partial charge on any atom is 0.0757 e. The second-order valence-corrected chi connectivity index (χ2v) is 5.33. The Hall–Kier alpha value is -0.0800. The van der Waals surface area contributed by atoms with Crippen molar-refractivity contribution in [3.8, 4) is 0 Å². The lowest BCUT2D eigenvalue weighted by Crippen LogP contribution is -2.51. The summed E-state index contributed by atoms with van der Waals surface area (Å²) in [4.78, 5) is 2.37. The first-order valence-corrected chi connectivity index (χ1v) is 5.25. The van der Waals surface area contributed by atoms with Crippen molar-refractivity contribution in [3.05, 3.63) is 0 Å².